The highest BCUT2D eigenvalue weighted by Gasteiger charge is 2.32. The molecule has 4 heteroatoms. The minimum atomic E-state index is -0.503. The topological polar surface area (TPSA) is 55.6 Å². The maximum atomic E-state index is 12.5. The van der Waals surface area contributed by atoms with Gasteiger partial charge in [-0.2, -0.15) is 0 Å². The number of anilines is 2. The standard InChI is InChI=1S/C16H24N2O2/c1-16(2,3)20-15(19)18(12-8-4-5-9-12)14-11-7-6-10-13(14)17/h6-7,10-12H,4-5,8-9,17H2,1-3H3. The maximum Gasteiger partial charge on any atom is 0.415 e. The van der Waals surface area contributed by atoms with Crippen LogP contribution in [0.15, 0.2) is 24.3 Å². The molecular weight excluding hydrogens is 252 g/mol. The Bertz CT molecular complexity index is 474. The summed E-state index contributed by atoms with van der Waals surface area (Å²) in [5.41, 5.74) is 6.91. The molecule has 1 aromatic rings. The molecule has 1 saturated carbocycles. The van der Waals surface area contributed by atoms with Gasteiger partial charge in [0, 0.05) is 6.04 Å². The van der Waals surface area contributed by atoms with Gasteiger partial charge in [-0.25, -0.2) is 4.79 Å². The minimum absolute atomic E-state index is 0.189. The van der Waals surface area contributed by atoms with Crippen molar-refractivity contribution in [2.24, 2.45) is 0 Å². The van der Waals surface area contributed by atoms with Gasteiger partial charge in [-0.15, -0.1) is 0 Å². The molecule has 20 heavy (non-hydrogen) atoms. The summed E-state index contributed by atoms with van der Waals surface area (Å²) in [6.07, 6.45) is 4.01. The molecule has 2 N–H and O–H groups in total. The molecular formula is C16H24N2O2. The third-order valence-electron chi connectivity index (χ3n) is 3.48. The lowest BCUT2D eigenvalue weighted by molar-refractivity contribution is 0.0566. The number of amides is 1. The number of hydrogen-bond donors (Lipinski definition) is 1. The lowest BCUT2D eigenvalue weighted by atomic mass is 10.1. The quantitative estimate of drug-likeness (QED) is 0.832. The Balaban J connectivity index is 2.30. The van der Waals surface area contributed by atoms with E-state index in [4.69, 9.17) is 10.5 Å². The van der Waals surface area contributed by atoms with E-state index in [2.05, 4.69) is 0 Å². The Morgan fingerprint density at radius 1 is 1.25 bits per heavy atom. The van der Waals surface area contributed by atoms with Gasteiger partial charge in [-0.1, -0.05) is 25.0 Å². The fourth-order valence-corrected chi connectivity index (χ4v) is 2.62. The van der Waals surface area contributed by atoms with Gasteiger partial charge in [0.15, 0.2) is 0 Å². The highest BCUT2D eigenvalue weighted by atomic mass is 16.6. The number of hydrogen-bond acceptors (Lipinski definition) is 3. The van der Waals surface area contributed by atoms with Crippen LogP contribution in [-0.2, 0) is 4.74 Å². The average molecular weight is 276 g/mol. The number of nitrogens with two attached hydrogens (primary N) is 1. The van der Waals surface area contributed by atoms with Crippen molar-refractivity contribution in [3.63, 3.8) is 0 Å². The van der Waals surface area contributed by atoms with Crippen LogP contribution in [0.5, 0.6) is 0 Å². The van der Waals surface area contributed by atoms with E-state index in [0.717, 1.165) is 31.4 Å². The van der Waals surface area contributed by atoms with Crippen LogP contribution in [0.3, 0.4) is 0 Å². The molecule has 0 radical (unpaired) electrons. The Labute approximate surface area is 120 Å². The molecule has 110 valence electrons. The molecule has 0 heterocycles. The molecule has 0 spiro atoms. The molecule has 0 unspecified atom stereocenters. The zero-order valence-electron chi connectivity index (χ0n) is 12.6. The van der Waals surface area contributed by atoms with Gasteiger partial charge >= 0.3 is 6.09 Å². The predicted octanol–water partition coefficient (Wildman–Crippen LogP) is 3.95. The smallest absolute Gasteiger partial charge is 0.415 e. The van der Waals surface area contributed by atoms with Crippen molar-refractivity contribution in [3.8, 4) is 0 Å². The Hall–Kier alpha value is -1.71. The number of benzene rings is 1. The number of carbonyl (C=O) groups excluding carboxylic acids is 1. The Morgan fingerprint density at radius 3 is 2.40 bits per heavy atom. The van der Waals surface area contributed by atoms with Crippen LogP contribution < -0.4 is 10.6 Å². The predicted molar refractivity (Wildman–Crippen MR) is 81.8 cm³/mol. The van der Waals surface area contributed by atoms with Gasteiger partial charge in [-0.3, -0.25) is 4.90 Å². The number of carbonyl (C=O) groups is 1. The number of para-hydroxylation sites is 2. The van der Waals surface area contributed by atoms with Crippen molar-refractivity contribution < 1.29 is 9.53 Å². The number of nitrogen functional groups attached to an aromatic ring is 1. The van der Waals surface area contributed by atoms with E-state index in [1.165, 1.54) is 0 Å². The van der Waals surface area contributed by atoms with Crippen molar-refractivity contribution in [1.29, 1.82) is 0 Å². The molecule has 1 aromatic carbocycles. The van der Waals surface area contributed by atoms with E-state index in [1.807, 2.05) is 45.0 Å². The van der Waals surface area contributed by atoms with E-state index >= 15 is 0 Å². The molecule has 1 amide bonds. The highest BCUT2D eigenvalue weighted by Crippen LogP contribution is 2.32. The van der Waals surface area contributed by atoms with Gasteiger partial charge in [0.1, 0.15) is 5.60 Å². The SMILES string of the molecule is CC(C)(C)OC(=O)N(c1ccccc1N)C1CCCC1. The fraction of sp³-hybridized carbons (Fsp3) is 0.562. The summed E-state index contributed by atoms with van der Waals surface area (Å²) in [4.78, 5) is 14.3. The molecule has 0 saturated heterocycles. The number of ether oxygens (including phenoxy) is 1. The largest absolute Gasteiger partial charge is 0.443 e. The molecule has 1 aliphatic rings. The van der Waals surface area contributed by atoms with Crippen molar-refractivity contribution >= 4 is 17.5 Å². The molecule has 1 aliphatic carbocycles. The van der Waals surface area contributed by atoms with Crippen molar-refractivity contribution in [3.05, 3.63) is 24.3 Å². The number of rotatable bonds is 2. The second kappa shape index (κ2) is 5.73. The summed E-state index contributed by atoms with van der Waals surface area (Å²) in [5.74, 6) is 0. The van der Waals surface area contributed by atoms with E-state index in [9.17, 15) is 4.79 Å². The van der Waals surface area contributed by atoms with Gasteiger partial charge in [-0.05, 0) is 45.7 Å². The van der Waals surface area contributed by atoms with Gasteiger partial charge in [0.05, 0.1) is 11.4 Å². The van der Waals surface area contributed by atoms with Crippen molar-refractivity contribution in [2.45, 2.75) is 58.1 Å². The van der Waals surface area contributed by atoms with Gasteiger partial charge < -0.3 is 10.5 Å². The Morgan fingerprint density at radius 2 is 1.85 bits per heavy atom. The molecule has 0 aliphatic heterocycles. The second-order valence-corrected chi connectivity index (χ2v) is 6.35. The van der Waals surface area contributed by atoms with Gasteiger partial charge in [0.2, 0.25) is 0 Å². The van der Waals surface area contributed by atoms with E-state index in [1.54, 1.807) is 4.90 Å². The van der Waals surface area contributed by atoms with E-state index < -0.39 is 5.60 Å². The van der Waals surface area contributed by atoms with Crippen LogP contribution in [0, 0.1) is 0 Å². The first-order valence-electron chi connectivity index (χ1n) is 7.25. The monoisotopic (exact) mass is 276 g/mol. The van der Waals surface area contributed by atoms with Gasteiger partial charge in [0.25, 0.3) is 0 Å². The lowest BCUT2D eigenvalue weighted by Gasteiger charge is -2.32. The lowest BCUT2D eigenvalue weighted by Crippen LogP contribution is -2.42. The second-order valence-electron chi connectivity index (χ2n) is 6.35. The fourth-order valence-electron chi connectivity index (χ4n) is 2.62. The molecule has 4 nitrogen and oxygen atoms in total. The zero-order chi connectivity index (χ0) is 14.8. The summed E-state index contributed by atoms with van der Waals surface area (Å²) < 4.78 is 5.55. The van der Waals surface area contributed by atoms with Crippen molar-refractivity contribution in [2.75, 3.05) is 10.6 Å². The normalized spacial score (nSPS) is 16.1. The highest BCUT2D eigenvalue weighted by molar-refractivity contribution is 5.92. The summed E-state index contributed by atoms with van der Waals surface area (Å²) in [5, 5.41) is 0. The first-order valence-corrected chi connectivity index (χ1v) is 7.25. The molecule has 0 atom stereocenters. The first-order chi connectivity index (χ1) is 9.38. The molecule has 2 rings (SSSR count). The average Bonchev–Trinajstić information content (AvgIpc) is 2.83. The zero-order valence-corrected chi connectivity index (χ0v) is 12.6. The maximum absolute atomic E-state index is 12.5. The van der Waals surface area contributed by atoms with Crippen LogP contribution in [0.1, 0.15) is 46.5 Å². The third-order valence-corrected chi connectivity index (χ3v) is 3.48. The van der Waals surface area contributed by atoms with Crippen molar-refractivity contribution in [1.82, 2.24) is 0 Å². The number of nitrogens with zero attached hydrogens (tertiary/aromatic N) is 1. The summed E-state index contributed by atoms with van der Waals surface area (Å²) in [6, 6.07) is 7.67. The van der Waals surface area contributed by atoms with E-state index in [0.29, 0.717) is 5.69 Å². The van der Waals surface area contributed by atoms with Crippen LogP contribution >= 0.6 is 0 Å². The molecule has 1 fully saturated rings. The summed E-state index contributed by atoms with van der Waals surface area (Å²) in [7, 11) is 0. The van der Waals surface area contributed by atoms with E-state index in [-0.39, 0.29) is 12.1 Å². The first kappa shape index (κ1) is 14.7. The Kier molecular flexibility index (Phi) is 4.21. The molecule has 0 bridgehead atoms. The van der Waals surface area contributed by atoms with Crippen LogP contribution in [-0.4, -0.2) is 17.7 Å². The van der Waals surface area contributed by atoms with Crippen LogP contribution in [0.2, 0.25) is 0 Å². The minimum Gasteiger partial charge on any atom is -0.443 e. The van der Waals surface area contributed by atoms with Crippen LogP contribution in [0.25, 0.3) is 0 Å². The van der Waals surface area contributed by atoms with Crippen LogP contribution in [0.4, 0.5) is 16.2 Å². The summed E-state index contributed by atoms with van der Waals surface area (Å²) >= 11 is 0. The molecule has 0 aromatic heterocycles. The third kappa shape index (κ3) is 3.44. The summed E-state index contributed by atoms with van der Waals surface area (Å²) in [6.45, 7) is 5.64.